The number of hydrogen-bond donors (Lipinski definition) is 1. The normalized spacial score (nSPS) is 21.9. The number of rotatable bonds is 3. The molecule has 0 spiro atoms. The van der Waals surface area contributed by atoms with Gasteiger partial charge >= 0.3 is 0 Å². The lowest BCUT2D eigenvalue weighted by atomic mass is 10.1. The van der Waals surface area contributed by atoms with Crippen molar-refractivity contribution in [3.8, 4) is 0 Å². The zero-order chi connectivity index (χ0) is 12.8. The van der Waals surface area contributed by atoms with E-state index in [2.05, 4.69) is 55.3 Å². The molecule has 4 heteroatoms. The highest BCUT2D eigenvalue weighted by molar-refractivity contribution is 14.1. The molecule has 2 N–H and O–H groups in total. The third kappa shape index (κ3) is 2.72. The maximum Gasteiger partial charge on any atom is 0.140 e. The van der Waals surface area contributed by atoms with E-state index in [1.807, 2.05) is 0 Å². The lowest BCUT2D eigenvalue weighted by Crippen LogP contribution is -2.10. The van der Waals surface area contributed by atoms with Crippen LogP contribution < -0.4 is 5.73 Å². The van der Waals surface area contributed by atoms with E-state index in [4.69, 9.17) is 10.7 Å². The van der Waals surface area contributed by atoms with Crippen molar-refractivity contribution < 1.29 is 0 Å². The van der Waals surface area contributed by atoms with Crippen molar-refractivity contribution in [1.29, 1.82) is 0 Å². The molecule has 1 atom stereocenters. The summed E-state index contributed by atoms with van der Waals surface area (Å²) in [7, 11) is 0. The van der Waals surface area contributed by atoms with Crippen LogP contribution in [0.5, 0.6) is 0 Å². The number of halogens is 1. The molecule has 0 amide bonds. The first-order chi connectivity index (χ1) is 7.81. The third-order valence-corrected chi connectivity index (χ3v) is 4.56. The quantitative estimate of drug-likeness (QED) is 0.855. The van der Waals surface area contributed by atoms with Crippen LogP contribution in [0.15, 0.2) is 0 Å². The molecule has 1 saturated carbocycles. The summed E-state index contributed by atoms with van der Waals surface area (Å²) in [6, 6.07) is 0. The maximum absolute atomic E-state index is 5.99. The summed E-state index contributed by atoms with van der Waals surface area (Å²) in [6.45, 7) is 8.93. The van der Waals surface area contributed by atoms with Crippen molar-refractivity contribution in [2.75, 3.05) is 5.73 Å². The van der Waals surface area contributed by atoms with E-state index in [0.29, 0.717) is 23.1 Å². The first-order valence-electron chi connectivity index (χ1n) is 6.13. The summed E-state index contributed by atoms with van der Waals surface area (Å²) in [5.41, 5.74) is 7.46. The molecule has 0 aromatic carbocycles. The Kier molecular flexibility index (Phi) is 3.36. The number of aromatic nitrogens is 2. The summed E-state index contributed by atoms with van der Waals surface area (Å²) in [4.78, 5) is 9.19. The highest BCUT2D eigenvalue weighted by Crippen LogP contribution is 2.57. The molecule has 2 rings (SSSR count). The number of nitrogen functional groups attached to an aromatic ring is 1. The van der Waals surface area contributed by atoms with Crippen molar-refractivity contribution in [2.45, 2.75) is 46.5 Å². The second kappa shape index (κ2) is 4.37. The molecular weight excluding hydrogens is 325 g/mol. The molecule has 1 fully saturated rings. The number of nitrogens with zero attached hydrogens (tertiary/aromatic N) is 2. The predicted molar refractivity (Wildman–Crippen MR) is 78.8 cm³/mol. The Morgan fingerprint density at radius 3 is 2.47 bits per heavy atom. The van der Waals surface area contributed by atoms with Gasteiger partial charge in [0.15, 0.2) is 0 Å². The van der Waals surface area contributed by atoms with Gasteiger partial charge in [0.25, 0.3) is 0 Å². The molecule has 1 aliphatic rings. The molecule has 1 aromatic rings. The smallest absolute Gasteiger partial charge is 0.140 e. The van der Waals surface area contributed by atoms with Gasteiger partial charge in [-0.25, -0.2) is 9.97 Å². The van der Waals surface area contributed by atoms with Crippen LogP contribution in [-0.2, 0) is 6.42 Å². The molecule has 0 saturated heterocycles. The number of hydrogen-bond acceptors (Lipinski definition) is 3. The fourth-order valence-electron chi connectivity index (χ4n) is 2.12. The fourth-order valence-corrected chi connectivity index (χ4v) is 2.58. The molecule has 0 aliphatic heterocycles. The number of anilines is 1. The van der Waals surface area contributed by atoms with Gasteiger partial charge in [-0.15, -0.1) is 0 Å². The van der Waals surface area contributed by atoms with Gasteiger partial charge < -0.3 is 5.73 Å². The minimum atomic E-state index is 0.355. The van der Waals surface area contributed by atoms with E-state index in [-0.39, 0.29) is 0 Å². The molecular formula is C13H20IN3. The lowest BCUT2D eigenvalue weighted by Gasteiger charge is -2.11. The maximum atomic E-state index is 5.99. The zero-order valence-electron chi connectivity index (χ0n) is 10.9. The Morgan fingerprint density at radius 1 is 1.41 bits per heavy atom. The van der Waals surface area contributed by atoms with Crippen LogP contribution in [0.1, 0.15) is 51.6 Å². The van der Waals surface area contributed by atoms with Crippen molar-refractivity contribution in [1.82, 2.24) is 9.97 Å². The van der Waals surface area contributed by atoms with Gasteiger partial charge in [0, 0.05) is 5.92 Å². The van der Waals surface area contributed by atoms with Crippen molar-refractivity contribution in [3.63, 3.8) is 0 Å². The van der Waals surface area contributed by atoms with Gasteiger partial charge in [-0.1, -0.05) is 27.7 Å². The molecule has 17 heavy (non-hydrogen) atoms. The topological polar surface area (TPSA) is 51.8 Å². The second-order valence-corrected chi connectivity index (χ2v) is 7.15. The molecule has 3 nitrogen and oxygen atoms in total. The van der Waals surface area contributed by atoms with E-state index < -0.39 is 0 Å². The summed E-state index contributed by atoms with van der Waals surface area (Å²) in [5.74, 6) is 2.68. The summed E-state index contributed by atoms with van der Waals surface area (Å²) in [5, 5.41) is 0. The number of nitrogens with two attached hydrogens (primary N) is 1. The van der Waals surface area contributed by atoms with Crippen LogP contribution in [0.25, 0.3) is 0 Å². The first kappa shape index (κ1) is 13.1. The van der Waals surface area contributed by atoms with Crippen LogP contribution >= 0.6 is 22.6 Å². The van der Waals surface area contributed by atoms with Gasteiger partial charge in [-0.05, 0) is 46.8 Å². The SMILES string of the molecule is CC(C)Cc1nc(C2CC2(C)C)nc(N)c1I. The Bertz CT molecular complexity index is 441. The van der Waals surface area contributed by atoms with E-state index in [1.165, 1.54) is 6.42 Å². The van der Waals surface area contributed by atoms with E-state index in [0.717, 1.165) is 21.5 Å². The van der Waals surface area contributed by atoms with Gasteiger partial charge in [0.2, 0.25) is 0 Å². The molecule has 1 aromatic heterocycles. The largest absolute Gasteiger partial charge is 0.383 e. The van der Waals surface area contributed by atoms with E-state index >= 15 is 0 Å². The molecule has 1 aliphatic carbocycles. The highest BCUT2D eigenvalue weighted by Gasteiger charge is 2.48. The molecule has 0 radical (unpaired) electrons. The summed E-state index contributed by atoms with van der Waals surface area (Å²) >= 11 is 2.26. The van der Waals surface area contributed by atoms with Gasteiger partial charge in [0.05, 0.1) is 9.26 Å². The predicted octanol–water partition coefficient (Wildman–Crippen LogP) is 3.38. The van der Waals surface area contributed by atoms with Crippen molar-refractivity contribution >= 4 is 28.4 Å². The average Bonchev–Trinajstić information content (AvgIpc) is 2.82. The standard InChI is InChI=1S/C13H20IN3/c1-7(2)5-9-10(14)11(15)17-12(16-9)8-6-13(8,3)4/h7-8H,5-6H2,1-4H3,(H2,15,16,17). The minimum Gasteiger partial charge on any atom is -0.383 e. The van der Waals surface area contributed by atoms with E-state index in [1.54, 1.807) is 0 Å². The summed E-state index contributed by atoms with van der Waals surface area (Å²) in [6.07, 6.45) is 2.15. The highest BCUT2D eigenvalue weighted by atomic mass is 127. The van der Waals surface area contributed by atoms with Crippen molar-refractivity contribution in [2.24, 2.45) is 11.3 Å². The van der Waals surface area contributed by atoms with Gasteiger partial charge in [-0.2, -0.15) is 0 Å². The van der Waals surface area contributed by atoms with Crippen molar-refractivity contribution in [3.05, 3.63) is 15.1 Å². The molecule has 1 unspecified atom stereocenters. The van der Waals surface area contributed by atoms with Crippen LogP contribution in [0, 0.1) is 14.9 Å². The Labute approximate surface area is 117 Å². The first-order valence-corrected chi connectivity index (χ1v) is 7.21. The van der Waals surface area contributed by atoms with Gasteiger partial charge in [0.1, 0.15) is 11.6 Å². The molecule has 0 bridgehead atoms. The van der Waals surface area contributed by atoms with Crippen LogP contribution in [0.4, 0.5) is 5.82 Å². The summed E-state index contributed by atoms with van der Waals surface area (Å²) < 4.78 is 1.03. The van der Waals surface area contributed by atoms with Crippen LogP contribution in [0.2, 0.25) is 0 Å². The molecule has 1 heterocycles. The van der Waals surface area contributed by atoms with E-state index in [9.17, 15) is 0 Å². The third-order valence-electron chi connectivity index (χ3n) is 3.39. The average molecular weight is 345 g/mol. The fraction of sp³-hybridized carbons (Fsp3) is 0.692. The monoisotopic (exact) mass is 345 g/mol. The minimum absolute atomic E-state index is 0.355. The zero-order valence-corrected chi connectivity index (χ0v) is 13.1. The van der Waals surface area contributed by atoms with Crippen LogP contribution in [-0.4, -0.2) is 9.97 Å². The van der Waals surface area contributed by atoms with Gasteiger partial charge in [-0.3, -0.25) is 0 Å². The Morgan fingerprint density at radius 2 is 2.00 bits per heavy atom. The Hall–Kier alpha value is -0.390. The lowest BCUT2D eigenvalue weighted by molar-refractivity contribution is 0.597. The Balaban J connectivity index is 2.33. The second-order valence-electron chi connectivity index (χ2n) is 6.07. The molecule has 94 valence electrons. The van der Waals surface area contributed by atoms with Crippen LogP contribution in [0.3, 0.4) is 0 Å².